The van der Waals surface area contributed by atoms with E-state index < -0.39 is 36.6 Å². The highest BCUT2D eigenvalue weighted by molar-refractivity contribution is 5.95. The number of ether oxygens (including phenoxy) is 1. The Labute approximate surface area is 247 Å². The number of carboxylic acids is 1. The van der Waals surface area contributed by atoms with Gasteiger partial charge in [0.05, 0.1) is 19.5 Å². The number of carbonyl (C=O) groups is 3. The molecule has 2 amide bonds. The van der Waals surface area contributed by atoms with Crippen molar-refractivity contribution in [2.75, 3.05) is 11.4 Å². The maximum atomic E-state index is 13.6. The van der Waals surface area contributed by atoms with Gasteiger partial charge in [0.2, 0.25) is 5.91 Å². The third-order valence-corrected chi connectivity index (χ3v) is 7.37. The van der Waals surface area contributed by atoms with E-state index in [9.17, 15) is 32.7 Å². The summed E-state index contributed by atoms with van der Waals surface area (Å²) in [5.41, 5.74) is 3.10. The van der Waals surface area contributed by atoms with Gasteiger partial charge in [-0.05, 0) is 71.8 Å². The van der Waals surface area contributed by atoms with Crippen LogP contribution >= 0.6 is 0 Å². The number of carbonyl (C=O) groups excluding carboxylic acids is 2. The molecule has 0 aromatic heterocycles. The number of carboxylic acid groups (broad SMARTS) is 1. The van der Waals surface area contributed by atoms with Gasteiger partial charge in [-0.3, -0.25) is 9.59 Å². The van der Waals surface area contributed by atoms with E-state index in [0.29, 0.717) is 22.7 Å². The van der Waals surface area contributed by atoms with Crippen molar-refractivity contribution in [2.45, 2.75) is 63.5 Å². The molecule has 8 nitrogen and oxygen atoms in total. The summed E-state index contributed by atoms with van der Waals surface area (Å²) in [5, 5.41) is 20.5. The van der Waals surface area contributed by atoms with E-state index in [0.717, 1.165) is 12.8 Å². The molecule has 228 valence electrons. The van der Waals surface area contributed by atoms with E-state index in [2.05, 4.69) is 10.1 Å². The van der Waals surface area contributed by atoms with Crippen LogP contribution in [0.1, 0.15) is 65.1 Å². The number of hydrogen-bond acceptors (Lipinski definition) is 5. The molecular weight excluding hydrogens is 565 g/mol. The molecule has 3 aromatic rings. The van der Waals surface area contributed by atoms with Gasteiger partial charge < -0.3 is 25.2 Å². The van der Waals surface area contributed by atoms with Crippen LogP contribution in [0.5, 0.6) is 5.75 Å². The average Bonchev–Trinajstić information content (AvgIpc) is 2.98. The van der Waals surface area contributed by atoms with Crippen molar-refractivity contribution in [3.63, 3.8) is 0 Å². The van der Waals surface area contributed by atoms with Gasteiger partial charge in [0.15, 0.2) is 6.10 Å². The van der Waals surface area contributed by atoms with Gasteiger partial charge in [-0.1, -0.05) is 55.7 Å². The number of alkyl halides is 3. The van der Waals surface area contributed by atoms with Crippen molar-refractivity contribution in [3.8, 4) is 5.75 Å². The number of benzene rings is 3. The fourth-order valence-electron chi connectivity index (χ4n) is 5.13. The number of halogens is 3. The lowest BCUT2D eigenvalue weighted by atomic mass is 9.84. The van der Waals surface area contributed by atoms with Gasteiger partial charge in [-0.25, -0.2) is 4.79 Å². The predicted octanol–water partition coefficient (Wildman–Crippen LogP) is 5.58. The lowest BCUT2D eigenvalue weighted by Gasteiger charge is -2.26. The van der Waals surface area contributed by atoms with Crippen molar-refractivity contribution in [2.24, 2.45) is 0 Å². The molecule has 3 N–H and O–H groups in total. The van der Waals surface area contributed by atoms with Crippen molar-refractivity contribution in [1.82, 2.24) is 5.32 Å². The zero-order valence-electron chi connectivity index (χ0n) is 23.3. The molecule has 1 aliphatic rings. The molecule has 0 saturated heterocycles. The Bertz CT molecular complexity index is 1400. The van der Waals surface area contributed by atoms with Gasteiger partial charge in [0.1, 0.15) is 5.75 Å². The first kappa shape index (κ1) is 31.6. The zero-order valence-corrected chi connectivity index (χ0v) is 23.3. The van der Waals surface area contributed by atoms with Crippen LogP contribution in [0.3, 0.4) is 0 Å². The molecule has 1 saturated carbocycles. The van der Waals surface area contributed by atoms with Crippen LogP contribution in [0.25, 0.3) is 0 Å². The molecule has 3 aromatic carbocycles. The standard InChI is InChI=1S/C32H33F3N2O6/c33-32(34,35)43-27-8-4-5-22(17-27)18-29(39)37(26-15-13-24(14-16-26)23-6-2-1-3-7-23)20-21-9-11-25(12-10-21)30(40)36-19-28(38)31(41)42/h4-5,8-17,23,28,38H,1-3,6-7,18-20H2,(H,36,40)(H,41,42)/t28-/m1/s1. The first-order valence-electron chi connectivity index (χ1n) is 14.0. The van der Waals surface area contributed by atoms with Crippen molar-refractivity contribution in [1.29, 1.82) is 0 Å². The second-order valence-electron chi connectivity index (χ2n) is 10.5. The van der Waals surface area contributed by atoms with E-state index in [1.54, 1.807) is 23.1 Å². The molecule has 4 rings (SSSR count). The lowest BCUT2D eigenvalue weighted by Crippen LogP contribution is -2.36. The molecule has 0 radical (unpaired) electrons. The van der Waals surface area contributed by atoms with Gasteiger partial charge in [-0.15, -0.1) is 13.2 Å². The Kier molecular flexibility index (Phi) is 10.4. The monoisotopic (exact) mass is 598 g/mol. The minimum absolute atomic E-state index is 0.125. The number of hydrogen-bond donors (Lipinski definition) is 3. The number of nitrogens with one attached hydrogen (secondary N) is 1. The number of aliphatic carboxylic acids is 1. The van der Waals surface area contributed by atoms with Crippen LogP contribution in [0, 0.1) is 0 Å². The lowest BCUT2D eigenvalue weighted by molar-refractivity contribution is -0.274. The molecule has 0 heterocycles. The van der Waals surface area contributed by atoms with E-state index in [-0.39, 0.29) is 24.4 Å². The van der Waals surface area contributed by atoms with E-state index >= 15 is 0 Å². The summed E-state index contributed by atoms with van der Waals surface area (Å²) in [6.45, 7) is -0.329. The largest absolute Gasteiger partial charge is 0.573 e. The van der Waals surface area contributed by atoms with Crippen LogP contribution in [0.2, 0.25) is 0 Å². The van der Waals surface area contributed by atoms with Crippen LogP contribution in [0.4, 0.5) is 18.9 Å². The molecule has 11 heteroatoms. The SMILES string of the molecule is O=C(NC[C@@H](O)C(=O)O)c1ccc(CN(C(=O)Cc2cccc(OC(F)(F)F)c2)c2ccc(C3CCCCC3)cc2)cc1. The summed E-state index contributed by atoms with van der Waals surface area (Å²) in [7, 11) is 0. The third-order valence-electron chi connectivity index (χ3n) is 7.37. The second kappa shape index (κ2) is 14.2. The van der Waals surface area contributed by atoms with Crippen LogP contribution in [-0.2, 0) is 22.6 Å². The second-order valence-corrected chi connectivity index (χ2v) is 10.5. The number of aliphatic hydroxyl groups is 1. The first-order chi connectivity index (χ1) is 20.5. The third kappa shape index (κ3) is 9.31. The summed E-state index contributed by atoms with van der Waals surface area (Å²) in [6, 6.07) is 19.4. The highest BCUT2D eigenvalue weighted by atomic mass is 19.4. The maximum Gasteiger partial charge on any atom is 0.573 e. The number of aliphatic hydroxyl groups excluding tert-OH is 1. The molecule has 1 atom stereocenters. The maximum absolute atomic E-state index is 13.6. The Hall–Kier alpha value is -4.38. The highest BCUT2D eigenvalue weighted by Crippen LogP contribution is 2.34. The number of amides is 2. The summed E-state index contributed by atoms with van der Waals surface area (Å²) < 4.78 is 42.2. The topological polar surface area (TPSA) is 116 Å². The fraction of sp³-hybridized carbons (Fsp3) is 0.344. The predicted molar refractivity (Wildman–Crippen MR) is 153 cm³/mol. The molecule has 0 bridgehead atoms. The Morgan fingerprint density at radius 2 is 1.60 bits per heavy atom. The zero-order chi connectivity index (χ0) is 31.0. The average molecular weight is 599 g/mol. The molecule has 1 fully saturated rings. The van der Waals surface area contributed by atoms with Gasteiger partial charge in [0.25, 0.3) is 5.91 Å². The molecule has 1 aliphatic carbocycles. The van der Waals surface area contributed by atoms with Gasteiger partial charge >= 0.3 is 12.3 Å². The molecule has 0 unspecified atom stereocenters. The Balaban J connectivity index is 1.53. The van der Waals surface area contributed by atoms with E-state index in [1.165, 1.54) is 55.2 Å². The molecule has 0 spiro atoms. The minimum Gasteiger partial charge on any atom is -0.479 e. The number of nitrogens with zero attached hydrogens (tertiary/aromatic N) is 1. The number of anilines is 1. The van der Waals surface area contributed by atoms with Crippen molar-refractivity contribution in [3.05, 3.63) is 95.1 Å². The minimum atomic E-state index is -4.85. The van der Waals surface area contributed by atoms with Crippen LogP contribution in [-0.4, -0.2) is 47.0 Å². The van der Waals surface area contributed by atoms with Crippen molar-refractivity contribution >= 4 is 23.5 Å². The summed E-state index contributed by atoms with van der Waals surface area (Å²) in [6.07, 6.45) is -0.921. The molecular formula is C32H33F3N2O6. The summed E-state index contributed by atoms with van der Waals surface area (Å²) in [4.78, 5) is 38.3. The molecule has 0 aliphatic heterocycles. The van der Waals surface area contributed by atoms with Crippen LogP contribution in [0.15, 0.2) is 72.8 Å². The normalized spacial score (nSPS) is 14.5. The summed E-state index contributed by atoms with van der Waals surface area (Å²) in [5.74, 6) is -2.31. The molecule has 43 heavy (non-hydrogen) atoms. The quantitative estimate of drug-likeness (QED) is 0.265. The Morgan fingerprint density at radius 1 is 0.930 bits per heavy atom. The van der Waals surface area contributed by atoms with Crippen LogP contribution < -0.4 is 15.0 Å². The fourth-order valence-corrected chi connectivity index (χ4v) is 5.13. The summed E-state index contributed by atoms with van der Waals surface area (Å²) >= 11 is 0. The highest BCUT2D eigenvalue weighted by Gasteiger charge is 2.31. The van der Waals surface area contributed by atoms with Crippen molar-refractivity contribution < 1.29 is 42.5 Å². The van der Waals surface area contributed by atoms with Gasteiger partial charge in [0, 0.05) is 11.3 Å². The number of rotatable bonds is 11. The smallest absolute Gasteiger partial charge is 0.479 e. The first-order valence-corrected chi connectivity index (χ1v) is 14.0. The van der Waals surface area contributed by atoms with E-state index in [1.807, 2.05) is 24.3 Å². The Morgan fingerprint density at radius 3 is 2.23 bits per heavy atom. The van der Waals surface area contributed by atoms with Gasteiger partial charge in [-0.2, -0.15) is 0 Å². The van der Waals surface area contributed by atoms with E-state index in [4.69, 9.17) is 5.11 Å².